The van der Waals surface area contributed by atoms with Crippen LogP contribution in [0, 0.1) is 6.92 Å². The number of primary amides is 1. The van der Waals surface area contributed by atoms with Crippen LogP contribution >= 0.6 is 23.1 Å². The molecule has 2 heterocycles. The highest BCUT2D eigenvalue weighted by Crippen LogP contribution is 2.27. The van der Waals surface area contributed by atoms with Gasteiger partial charge in [-0.05, 0) is 30.4 Å². The normalized spacial score (nSPS) is 10.9. The Morgan fingerprint density at radius 1 is 1.19 bits per heavy atom. The van der Waals surface area contributed by atoms with Crippen LogP contribution in [-0.2, 0) is 22.7 Å². The van der Waals surface area contributed by atoms with Crippen molar-refractivity contribution in [1.82, 2.24) is 19.7 Å². The number of carbonyl (C=O) groups excluding carboxylic acids is 2. The van der Waals surface area contributed by atoms with Crippen LogP contribution < -0.4 is 5.73 Å². The van der Waals surface area contributed by atoms with E-state index < -0.39 is 0 Å². The van der Waals surface area contributed by atoms with Crippen molar-refractivity contribution in [2.75, 3.05) is 12.3 Å². The van der Waals surface area contributed by atoms with Crippen LogP contribution in [0.5, 0.6) is 0 Å². The molecule has 2 amide bonds. The number of hydrogen-bond donors (Lipinski definition) is 1. The summed E-state index contributed by atoms with van der Waals surface area (Å²) < 4.78 is 1.87. The Labute approximate surface area is 190 Å². The Hall–Kier alpha value is -2.65. The zero-order chi connectivity index (χ0) is 22.2. The Morgan fingerprint density at radius 2 is 1.97 bits per heavy atom. The smallest absolute Gasteiger partial charge is 0.233 e. The average Bonchev–Trinajstić information content (AvgIpc) is 3.41. The standard InChI is InChI=1S/C22H27N5O2S2/c1-3-11-26(14-17-8-6-16(2)7-9-17)20(29)15-31-22-25-24-21(18-5-4-13-30-18)27(22)12-10-19(23)28/h4-9,13H,3,10-12,14-15H2,1-2H3,(H2,23,28). The molecule has 0 fully saturated rings. The van der Waals surface area contributed by atoms with Gasteiger partial charge in [-0.3, -0.25) is 9.59 Å². The summed E-state index contributed by atoms with van der Waals surface area (Å²) in [7, 11) is 0. The molecule has 3 rings (SSSR count). The lowest BCUT2D eigenvalue weighted by molar-refractivity contribution is -0.129. The lowest BCUT2D eigenvalue weighted by atomic mass is 10.1. The summed E-state index contributed by atoms with van der Waals surface area (Å²) >= 11 is 2.89. The largest absolute Gasteiger partial charge is 0.370 e. The number of aromatic nitrogens is 3. The number of hydrogen-bond acceptors (Lipinski definition) is 6. The third kappa shape index (κ3) is 6.41. The molecule has 1 aromatic carbocycles. The van der Waals surface area contributed by atoms with Crippen molar-refractivity contribution in [2.24, 2.45) is 5.73 Å². The van der Waals surface area contributed by atoms with Gasteiger partial charge in [0.1, 0.15) is 0 Å². The first-order valence-corrected chi connectivity index (χ1v) is 12.1. The van der Waals surface area contributed by atoms with E-state index in [1.807, 2.05) is 33.9 Å². The van der Waals surface area contributed by atoms with Crippen molar-refractivity contribution < 1.29 is 9.59 Å². The number of nitrogens with two attached hydrogens (primary N) is 1. The van der Waals surface area contributed by atoms with Crippen LogP contribution in [0.4, 0.5) is 0 Å². The molecule has 0 atom stereocenters. The summed E-state index contributed by atoms with van der Waals surface area (Å²) in [5.74, 6) is 0.612. The van der Waals surface area contributed by atoms with Gasteiger partial charge >= 0.3 is 0 Å². The Balaban J connectivity index is 1.71. The minimum Gasteiger partial charge on any atom is -0.370 e. The summed E-state index contributed by atoms with van der Waals surface area (Å²) in [6.45, 7) is 5.78. The summed E-state index contributed by atoms with van der Waals surface area (Å²) in [6.07, 6.45) is 1.08. The first kappa shape index (κ1) is 23.0. The van der Waals surface area contributed by atoms with Crippen molar-refractivity contribution in [1.29, 1.82) is 0 Å². The molecule has 2 aromatic heterocycles. The number of thioether (sulfide) groups is 1. The second-order valence-electron chi connectivity index (χ2n) is 7.24. The fraction of sp³-hybridized carbons (Fsp3) is 0.364. The van der Waals surface area contributed by atoms with Crippen molar-refractivity contribution in [2.45, 2.75) is 44.9 Å². The number of rotatable bonds is 11. The summed E-state index contributed by atoms with van der Waals surface area (Å²) in [5.41, 5.74) is 7.66. The highest BCUT2D eigenvalue weighted by molar-refractivity contribution is 7.99. The van der Waals surface area contributed by atoms with Crippen molar-refractivity contribution in [3.8, 4) is 10.7 Å². The van der Waals surface area contributed by atoms with Crippen LogP contribution in [0.15, 0.2) is 46.9 Å². The Morgan fingerprint density at radius 3 is 2.61 bits per heavy atom. The summed E-state index contributed by atoms with van der Waals surface area (Å²) in [6, 6.07) is 12.1. The Kier molecular flexibility index (Phi) is 8.25. The van der Waals surface area contributed by atoms with Gasteiger partial charge in [-0.15, -0.1) is 21.5 Å². The van der Waals surface area contributed by atoms with Gasteiger partial charge in [0.25, 0.3) is 0 Å². The van der Waals surface area contributed by atoms with E-state index in [1.54, 1.807) is 11.3 Å². The second-order valence-corrected chi connectivity index (χ2v) is 9.13. The number of nitrogens with zero attached hydrogens (tertiary/aromatic N) is 4. The van der Waals surface area contributed by atoms with E-state index in [0.29, 0.717) is 30.6 Å². The van der Waals surface area contributed by atoms with Gasteiger partial charge in [0.2, 0.25) is 11.8 Å². The molecule has 0 aliphatic carbocycles. The highest BCUT2D eigenvalue weighted by atomic mass is 32.2. The van der Waals surface area contributed by atoms with Gasteiger partial charge in [0.15, 0.2) is 11.0 Å². The minimum atomic E-state index is -0.384. The molecule has 0 aliphatic rings. The van der Waals surface area contributed by atoms with Gasteiger partial charge in [-0.1, -0.05) is 54.6 Å². The fourth-order valence-corrected chi connectivity index (χ4v) is 4.69. The molecule has 0 radical (unpaired) electrons. The fourth-order valence-electron chi connectivity index (χ4n) is 3.10. The molecule has 7 nitrogen and oxygen atoms in total. The van der Waals surface area contributed by atoms with Crippen LogP contribution in [-0.4, -0.2) is 43.8 Å². The maximum absolute atomic E-state index is 13.0. The van der Waals surface area contributed by atoms with E-state index in [-0.39, 0.29) is 24.0 Å². The maximum Gasteiger partial charge on any atom is 0.233 e. The highest BCUT2D eigenvalue weighted by Gasteiger charge is 2.19. The first-order valence-electron chi connectivity index (χ1n) is 10.2. The monoisotopic (exact) mass is 457 g/mol. The quantitative estimate of drug-likeness (QED) is 0.443. The lowest BCUT2D eigenvalue weighted by Crippen LogP contribution is -2.32. The molecule has 0 bridgehead atoms. The van der Waals surface area contributed by atoms with Crippen LogP contribution in [0.2, 0.25) is 0 Å². The lowest BCUT2D eigenvalue weighted by Gasteiger charge is -2.22. The Bertz CT molecular complexity index is 1000. The van der Waals surface area contributed by atoms with E-state index in [9.17, 15) is 9.59 Å². The second kappa shape index (κ2) is 11.1. The number of carbonyl (C=O) groups is 2. The van der Waals surface area contributed by atoms with Gasteiger partial charge in [0, 0.05) is 26.1 Å². The zero-order valence-electron chi connectivity index (χ0n) is 17.8. The summed E-state index contributed by atoms with van der Waals surface area (Å²) in [5, 5.41) is 11.2. The third-order valence-corrected chi connectivity index (χ3v) is 6.52. The zero-order valence-corrected chi connectivity index (χ0v) is 19.4. The molecule has 9 heteroatoms. The number of benzene rings is 1. The van der Waals surface area contributed by atoms with E-state index in [1.165, 1.54) is 17.3 Å². The molecule has 2 N–H and O–H groups in total. The molecular weight excluding hydrogens is 430 g/mol. The predicted octanol–water partition coefficient (Wildman–Crippen LogP) is 3.72. The number of amides is 2. The van der Waals surface area contributed by atoms with Crippen LogP contribution in [0.1, 0.15) is 30.9 Å². The molecule has 164 valence electrons. The van der Waals surface area contributed by atoms with E-state index in [0.717, 1.165) is 16.9 Å². The molecule has 0 saturated heterocycles. The molecule has 0 saturated carbocycles. The van der Waals surface area contributed by atoms with Crippen LogP contribution in [0.25, 0.3) is 10.7 Å². The van der Waals surface area contributed by atoms with Gasteiger partial charge in [-0.2, -0.15) is 0 Å². The number of aryl methyl sites for hydroxylation is 1. The van der Waals surface area contributed by atoms with Crippen molar-refractivity contribution in [3.05, 3.63) is 52.9 Å². The predicted molar refractivity (Wildman–Crippen MR) is 125 cm³/mol. The molecule has 0 spiro atoms. The molecular formula is C22H27N5O2S2. The van der Waals surface area contributed by atoms with E-state index in [4.69, 9.17) is 5.73 Å². The summed E-state index contributed by atoms with van der Waals surface area (Å²) in [4.78, 5) is 27.1. The van der Waals surface area contributed by atoms with Gasteiger partial charge in [-0.25, -0.2) is 0 Å². The van der Waals surface area contributed by atoms with Crippen molar-refractivity contribution >= 4 is 34.9 Å². The topological polar surface area (TPSA) is 94.1 Å². The minimum absolute atomic E-state index is 0.0505. The SMILES string of the molecule is CCCN(Cc1ccc(C)cc1)C(=O)CSc1nnc(-c2cccs2)n1CCC(N)=O. The van der Waals surface area contributed by atoms with E-state index in [2.05, 4.69) is 41.4 Å². The van der Waals surface area contributed by atoms with E-state index >= 15 is 0 Å². The van der Waals surface area contributed by atoms with Gasteiger partial charge in [0.05, 0.1) is 10.6 Å². The third-order valence-electron chi connectivity index (χ3n) is 4.71. The average molecular weight is 458 g/mol. The van der Waals surface area contributed by atoms with Crippen molar-refractivity contribution in [3.63, 3.8) is 0 Å². The molecule has 0 unspecified atom stereocenters. The molecule has 31 heavy (non-hydrogen) atoms. The van der Waals surface area contributed by atoms with Gasteiger partial charge < -0.3 is 15.2 Å². The maximum atomic E-state index is 13.0. The van der Waals surface area contributed by atoms with Crippen LogP contribution in [0.3, 0.4) is 0 Å². The first-order chi connectivity index (χ1) is 15.0. The molecule has 0 aliphatic heterocycles. The number of thiophene rings is 1. The molecule has 3 aromatic rings.